The van der Waals surface area contributed by atoms with Gasteiger partial charge in [0.15, 0.2) is 8.32 Å². The van der Waals surface area contributed by atoms with E-state index in [-0.39, 0.29) is 6.61 Å². The third kappa shape index (κ3) is 33.7. The van der Waals surface area contributed by atoms with Gasteiger partial charge in [-0.3, -0.25) is 0 Å². The molecule has 0 fully saturated rings. The number of aliphatic hydroxyl groups is 1. The molecule has 1 N–H and O–H groups in total. The van der Waals surface area contributed by atoms with E-state index in [1.54, 1.807) is 0 Å². The molecule has 1 atom stereocenters. The lowest BCUT2D eigenvalue weighted by atomic mass is 10.00. The van der Waals surface area contributed by atoms with Gasteiger partial charge in [-0.1, -0.05) is 159 Å². The highest BCUT2D eigenvalue weighted by atomic mass is 28.4. The van der Waals surface area contributed by atoms with E-state index in [1.807, 2.05) is 0 Å². The summed E-state index contributed by atoms with van der Waals surface area (Å²) in [6.07, 6.45) is 48.0. The predicted octanol–water partition coefficient (Wildman–Crippen LogP) is 21.5. The van der Waals surface area contributed by atoms with Crippen molar-refractivity contribution in [3.8, 4) is 0 Å². The van der Waals surface area contributed by atoms with Crippen molar-refractivity contribution in [3.05, 3.63) is 116 Å². The van der Waals surface area contributed by atoms with E-state index in [0.29, 0.717) is 22.5 Å². The van der Waals surface area contributed by atoms with Gasteiger partial charge < -0.3 is 9.53 Å². The maximum atomic E-state index is 10.0. The lowest BCUT2D eigenvalue weighted by Gasteiger charge is -2.42. The normalized spacial score (nSPS) is 15.2. The molecule has 67 heavy (non-hydrogen) atoms. The second-order valence-corrected chi connectivity index (χ2v) is 27.7. The van der Waals surface area contributed by atoms with Crippen molar-refractivity contribution in [1.82, 2.24) is 0 Å². The number of aliphatic hydroxyl groups excluding tert-OH is 1. The molecule has 0 rings (SSSR count). The standard InChI is InChI=1S/C64H112O2Si/c1-51(2)28-18-29-55(9)30-19-31-56(10)32-20-33-57(11)34-21-35-58(12)36-22-37-59(13)38-23-39-60(14)40-24-41-61(15)42-25-43-62(16)44-26-46-64(50-65)47-27-45-63(17)48-49-66-67(52(3)4,53(5)6)54(7)8/h28,30,32,34,36,38,40,42,44,47,52-54,63,65H,18-27,29,31,33,35,37,39,41,43,45-46,48-50H2,1-17H3/b55-30+,56-32+,57-34-,58-36-,59-38-,60-40-,61-42-,62-44-,64-47+/t63-/m0/s1. The first-order valence-corrected chi connectivity index (χ1v) is 29.7. The largest absolute Gasteiger partial charge is 0.416 e. The summed E-state index contributed by atoms with van der Waals surface area (Å²) in [7, 11) is -1.78. The zero-order chi connectivity index (χ0) is 50.6. The van der Waals surface area contributed by atoms with Crippen molar-refractivity contribution in [2.24, 2.45) is 5.92 Å². The quantitative estimate of drug-likeness (QED) is 0.0494. The lowest BCUT2D eigenvalue weighted by molar-refractivity contribution is 0.248. The molecule has 0 aliphatic heterocycles. The predicted molar refractivity (Wildman–Crippen MR) is 308 cm³/mol. The Morgan fingerprint density at radius 2 is 0.627 bits per heavy atom. The summed E-state index contributed by atoms with van der Waals surface area (Å²) in [5.41, 5.74) is 16.6. The molecule has 2 nitrogen and oxygen atoms in total. The summed E-state index contributed by atoms with van der Waals surface area (Å²) in [6, 6.07) is 0. The monoisotopic (exact) mass is 941 g/mol. The molecule has 0 heterocycles. The van der Waals surface area contributed by atoms with Gasteiger partial charge in [0.05, 0.1) is 6.61 Å². The van der Waals surface area contributed by atoms with E-state index in [0.717, 1.165) is 96.5 Å². The highest BCUT2D eigenvalue weighted by molar-refractivity contribution is 6.77. The van der Waals surface area contributed by atoms with Crippen LogP contribution in [0.5, 0.6) is 0 Å². The first kappa shape index (κ1) is 64.5. The van der Waals surface area contributed by atoms with Crippen LogP contribution in [0.3, 0.4) is 0 Å². The molecule has 0 spiro atoms. The van der Waals surface area contributed by atoms with Crippen LogP contribution in [0, 0.1) is 5.92 Å². The lowest BCUT2D eigenvalue weighted by Crippen LogP contribution is -2.48. The topological polar surface area (TPSA) is 29.5 Å². The molecule has 0 aliphatic carbocycles. The Balaban J connectivity index is 4.41. The van der Waals surface area contributed by atoms with Crippen LogP contribution in [0.4, 0.5) is 0 Å². The summed E-state index contributed by atoms with van der Waals surface area (Å²) >= 11 is 0. The summed E-state index contributed by atoms with van der Waals surface area (Å²) in [5, 5.41) is 10.0. The van der Waals surface area contributed by atoms with Crippen molar-refractivity contribution in [2.45, 2.75) is 269 Å². The highest BCUT2D eigenvalue weighted by Crippen LogP contribution is 2.42. The maximum Gasteiger partial charge on any atom is 0.200 e. The van der Waals surface area contributed by atoms with Gasteiger partial charge >= 0.3 is 0 Å². The Bertz CT molecular complexity index is 1620. The summed E-state index contributed by atoms with van der Waals surface area (Å²) in [6.45, 7) is 40.4. The van der Waals surface area contributed by atoms with Crippen molar-refractivity contribution in [3.63, 3.8) is 0 Å². The minimum atomic E-state index is -1.78. The fourth-order valence-corrected chi connectivity index (χ4v) is 15.1. The van der Waals surface area contributed by atoms with Crippen molar-refractivity contribution in [1.29, 1.82) is 0 Å². The van der Waals surface area contributed by atoms with E-state index in [4.69, 9.17) is 4.43 Å². The minimum Gasteiger partial charge on any atom is -0.416 e. The minimum absolute atomic E-state index is 0.175. The van der Waals surface area contributed by atoms with Crippen LogP contribution < -0.4 is 0 Å². The van der Waals surface area contributed by atoms with Crippen LogP contribution in [0.1, 0.15) is 253 Å². The second kappa shape index (κ2) is 39.3. The van der Waals surface area contributed by atoms with E-state index in [1.165, 1.54) is 101 Å². The zero-order valence-corrected chi connectivity index (χ0v) is 48.7. The van der Waals surface area contributed by atoms with Gasteiger partial charge in [0.2, 0.25) is 0 Å². The van der Waals surface area contributed by atoms with Crippen LogP contribution >= 0.6 is 0 Å². The number of rotatable bonds is 38. The van der Waals surface area contributed by atoms with Crippen LogP contribution in [0.25, 0.3) is 0 Å². The second-order valence-electron chi connectivity index (χ2n) is 22.2. The molecule has 384 valence electrons. The molecule has 3 heteroatoms. The number of allylic oxidation sites excluding steroid dienone is 19. The van der Waals surface area contributed by atoms with Gasteiger partial charge in [0.1, 0.15) is 0 Å². The van der Waals surface area contributed by atoms with E-state index < -0.39 is 8.32 Å². The van der Waals surface area contributed by atoms with Gasteiger partial charge in [0, 0.05) is 6.61 Å². The summed E-state index contributed by atoms with van der Waals surface area (Å²) < 4.78 is 6.80. The Morgan fingerprint density at radius 3 is 0.881 bits per heavy atom. The zero-order valence-electron chi connectivity index (χ0n) is 47.7. The molecule has 0 amide bonds. The molecular weight excluding hydrogens is 829 g/mol. The fourth-order valence-electron chi connectivity index (χ4n) is 9.63. The first-order valence-electron chi connectivity index (χ1n) is 27.5. The molecule has 0 saturated carbocycles. The molecule has 0 aliphatic rings. The summed E-state index contributed by atoms with van der Waals surface area (Å²) in [4.78, 5) is 0. The van der Waals surface area contributed by atoms with Crippen LogP contribution in [0.2, 0.25) is 16.6 Å². The average Bonchev–Trinajstić information content (AvgIpc) is 3.24. The molecule has 0 aromatic carbocycles. The van der Waals surface area contributed by atoms with Gasteiger partial charge in [0.25, 0.3) is 0 Å². The van der Waals surface area contributed by atoms with Crippen molar-refractivity contribution in [2.75, 3.05) is 13.2 Å². The number of hydrogen-bond donors (Lipinski definition) is 1. The van der Waals surface area contributed by atoms with E-state index >= 15 is 0 Å². The fraction of sp³-hybridized carbons (Fsp3) is 0.688. The SMILES string of the molecule is CC(C)=CCC/C(C)=C/CC/C(C)=C/CC/C(C)=C\CC/C(C)=C\CC/C(C)=C\CC/C(C)=C\CC/C(C)=C\CC/C(C)=C\CC/C(=C\CC[C@H](C)CCO[Si](C(C)C)(C(C)C)C(C)C)CO. The molecule has 0 saturated heterocycles. The molecule has 0 bridgehead atoms. The Morgan fingerprint density at radius 1 is 0.358 bits per heavy atom. The number of hydrogen-bond acceptors (Lipinski definition) is 2. The van der Waals surface area contributed by atoms with Gasteiger partial charge in [-0.25, -0.2) is 0 Å². The van der Waals surface area contributed by atoms with Crippen molar-refractivity contribution >= 4 is 8.32 Å². The van der Waals surface area contributed by atoms with E-state index in [2.05, 4.69) is 178 Å². The third-order valence-electron chi connectivity index (χ3n) is 14.2. The Labute approximate surface area is 420 Å². The smallest absolute Gasteiger partial charge is 0.200 e. The van der Waals surface area contributed by atoms with Gasteiger partial charge in [-0.2, -0.15) is 0 Å². The van der Waals surface area contributed by atoms with Crippen molar-refractivity contribution < 1.29 is 9.53 Å². The summed E-state index contributed by atoms with van der Waals surface area (Å²) in [5.74, 6) is 0.635. The van der Waals surface area contributed by atoms with Crippen LogP contribution in [-0.4, -0.2) is 26.6 Å². The van der Waals surface area contributed by atoms with Gasteiger partial charge in [-0.15, -0.1) is 0 Å². The molecular formula is C64H112O2Si. The molecule has 0 aromatic rings. The average molecular weight is 942 g/mol. The maximum absolute atomic E-state index is 10.0. The molecule has 0 aromatic heterocycles. The Hall–Kier alpha value is -2.46. The Kier molecular flexibility index (Phi) is 37.8. The first-order chi connectivity index (χ1) is 31.7. The van der Waals surface area contributed by atoms with E-state index in [9.17, 15) is 5.11 Å². The molecule has 0 radical (unpaired) electrons. The third-order valence-corrected chi connectivity index (χ3v) is 20.4. The van der Waals surface area contributed by atoms with Crippen LogP contribution in [-0.2, 0) is 4.43 Å². The van der Waals surface area contributed by atoms with Crippen LogP contribution in [0.15, 0.2) is 116 Å². The highest BCUT2D eigenvalue weighted by Gasteiger charge is 2.44. The van der Waals surface area contributed by atoms with Gasteiger partial charge in [-0.05, 0) is 232 Å². The molecule has 0 unspecified atom stereocenters.